The average Bonchev–Trinajstić information content (AvgIpc) is 1.87. The molecule has 0 aliphatic heterocycles. The molecule has 0 radical (unpaired) electrons. The van der Waals surface area contributed by atoms with E-state index in [0.717, 1.165) is 96.3 Å². The second kappa shape index (κ2) is 68.6. The zero-order valence-corrected chi connectivity index (χ0v) is 62.0. The lowest BCUT2D eigenvalue weighted by molar-refractivity contribution is -0.161. The van der Waals surface area contributed by atoms with Gasteiger partial charge in [0.05, 0.1) is 26.4 Å². The Labute approximate surface area is 568 Å². The summed E-state index contributed by atoms with van der Waals surface area (Å²) in [6, 6.07) is 0. The maximum absolute atomic E-state index is 13.1. The molecule has 0 saturated carbocycles. The number of ether oxygens (including phenoxy) is 4. The van der Waals surface area contributed by atoms with E-state index in [9.17, 15) is 43.2 Å². The van der Waals surface area contributed by atoms with Gasteiger partial charge in [-0.1, -0.05) is 342 Å². The van der Waals surface area contributed by atoms with Crippen LogP contribution in [-0.2, 0) is 65.4 Å². The van der Waals surface area contributed by atoms with Crippen LogP contribution in [0.5, 0.6) is 0 Å². The van der Waals surface area contributed by atoms with Crippen molar-refractivity contribution in [1.82, 2.24) is 0 Å². The van der Waals surface area contributed by atoms with Gasteiger partial charge in [-0.15, -0.1) is 0 Å². The first-order valence-electron chi connectivity index (χ1n) is 38.8. The van der Waals surface area contributed by atoms with Gasteiger partial charge in [0, 0.05) is 25.7 Å². The minimum absolute atomic E-state index is 0.107. The largest absolute Gasteiger partial charge is 0.472 e. The molecule has 0 aliphatic rings. The fraction of sp³-hybridized carbons (Fsp3) is 0.946. The van der Waals surface area contributed by atoms with E-state index in [1.165, 1.54) is 218 Å². The monoisotopic (exact) mass is 1370 g/mol. The zero-order valence-electron chi connectivity index (χ0n) is 60.2. The number of phosphoric acid groups is 2. The van der Waals surface area contributed by atoms with Crippen molar-refractivity contribution in [3.63, 3.8) is 0 Å². The van der Waals surface area contributed by atoms with Crippen LogP contribution >= 0.6 is 15.6 Å². The number of phosphoric ester groups is 2. The first-order chi connectivity index (χ1) is 45.2. The number of esters is 4. The van der Waals surface area contributed by atoms with Gasteiger partial charge in [0.1, 0.15) is 19.3 Å². The molecule has 0 heterocycles. The molecular weight excluding hydrogens is 1220 g/mol. The molecule has 0 spiro atoms. The van der Waals surface area contributed by atoms with Gasteiger partial charge >= 0.3 is 39.5 Å². The molecule has 3 N–H and O–H groups in total. The third kappa shape index (κ3) is 68.4. The fourth-order valence-corrected chi connectivity index (χ4v) is 13.0. The lowest BCUT2D eigenvalue weighted by atomic mass is 10.0. The SMILES string of the molecule is CCCCCCCCCCCCCCCCCCCCCC(=O)O[C@H](COC(=O)CCCCCCCCCCCCCCCCCCC)COP(=O)(O)OC[C@@H](O)COP(=O)(O)OC[C@@H](COC(=O)CCCCCCC)OC(=O)CCCCCCCCCCCCCC. The quantitative estimate of drug-likeness (QED) is 0.0222. The fourth-order valence-electron chi connectivity index (χ4n) is 11.4. The van der Waals surface area contributed by atoms with Gasteiger partial charge in [0.2, 0.25) is 0 Å². The van der Waals surface area contributed by atoms with E-state index < -0.39 is 97.5 Å². The van der Waals surface area contributed by atoms with Gasteiger partial charge in [0.25, 0.3) is 0 Å². The van der Waals surface area contributed by atoms with Gasteiger partial charge in [-0.05, 0) is 25.7 Å². The highest BCUT2D eigenvalue weighted by Gasteiger charge is 2.30. The van der Waals surface area contributed by atoms with E-state index in [-0.39, 0.29) is 25.7 Å². The third-order valence-corrected chi connectivity index (χ3v) is 19.3. The van der Waals surface area contributed by atoms with Crippen LogP contribution in [0.4, 0.5) is 0 Å². The Balaban J connectivity index is 5.13. The molecule has 2 unspecified atom stereocenters. The summed E-state index contributed by atoms with van der Waals surface area (Å²) in [6.45, 7) is 4.89. The van der Waals surface area contributed by atoms with E-state index >= 15 is 0 Å². The smallest absolute Gasteiger partial charge is 0.462 e. The summed E-state index contributed by atoms with van der Waals surface area (Å²) >= 11 is 0. The van der Waals surface area contributed by atoms with Crippen LogP contribution in [0.25, 0.3) is 0 Å². The van der Waals surface area contributed by atoms with Crippen molar-refractivity contribution in [2.24, 2.45) is 0 Å². The highest BCUT2D eigenvalue weighted by atomic mass is 31.2. The highest BCUT2D eigenvalue weighted by Crippen LogP contribution is 2.45. The van der Waals surface area contributed by atoms with E-state index in [1.807, 2.05) is 0 Å². The number of hydrogen-bond donors (Lipinski definition) is 3. The van der Waals surface area contributed by atoms with Crippen LogP contribution in [0, 0.1) is 0 Å². The Morgan fingerprint density at radius 2 is 0.430 bits per heavy atom. The number of carbonyl (C=O) groups is 4. The number of carbonyl (C=O) groups excluding carboxylic acids is 4. The number of rotatable bonds is 75. The van der Waals surface area contributed by atoms with E-state index in [1.54, 1.807) is 0 Å². The van der Waals surface area contributed by atoms with Crippen molar-refractivity contribution in [1.29, 1.82) is 0 Å². The summed E-state index contributed by atoms with van der Waals surface area (Å²) in [6.07, 6.45) is 58.7. The Morgan fingerprint density at radius 3 is 0.634 bits per heavy atom. The summed E-state index contributed by atoms with van der Waals surface area (Å²) in [5.74, 6) is -2.13. The van der Waals surface area contributed by atoms with Gasteiger partial charge in [-0.2, -0.15) is 0 Å². The Bertz CT molecular complexity index is 1770. The molecule has 0 rings (SSSR count). The predicted octanol–water partition coefficient (Wildman–Crippen LogP) is 21.8. The molecule has 0 bridgehead atoms. The molecule has 0 aromatic heterocycles. The molecule has 19 heteroatoms. The van der Waals surface area contributed by atoms with E-state index in [0.29, 0.717) is 25.7 Å². The Kier molecular flexibility index (Phi) is 67.1. The normalized spacial score (nSPS) is 13.9. The third-order valence-electron chi connectivity index (χ3n) is 17.4. The van der Waals surface area contributed by atoms with Crippen molar-refractivity contribution in [2.75, 3.05) is 39.6 Å². The molecule has 93 heavy (non-hydrogen) atoms. The van der Waals surface area contributed by atoms with Crippen LogP contribution in [0.1, 0.15) is 394 Å². The molecule has 0 aromatic rings. The summed E-state index contributed by atoms with van der Waals surface area (Å²) in [7, 11) is -9.89. The topological polar surface area (TPSA) is 237 Å². The maximum atomic E-state index is 13.1. The molecule has 0 aliphatic carbocycles. The van der Waals surface area contributed by atoms with Crippen LogP contribution < -0.4 is 0 Å². The standard InChI is InChI=1S/C74H144O17P2/c1-5-9-13-17-20-23-26-29-31-33-34-36-38-40-43-46-49-53-57-61-74(79)91-70(65-85-72(77)59-55-51-47-44-42-39-37-35-32-30-27-24-21-18-14-10-6-2)67-89-93(82,83)87-63-68(75)62-86-92(80,81)88-66-69(64-84-71(76)58-54-50-16-12-8-4)90-73(78)60-56-52-48-45-41-28-25-22-19-15-11-7-3/h68-70,75H,5-67H2,1-4H3,(H,80,81)(H,82,83)/t68-,69+,70+/m0/s1. The zero-order chi connectivity index (χ0) is 68.2. The summed E-state index contributed by atoms with van der Waals surface area (Å²) in [5, 5.41) is 10.6. The average molecular weight is 1370 g/mol. The van der Waals surface area contributed by atoms with Crippen molar-refractivity contribution in [2.45, 2.75) is 412 Å². The van der Waals surface area contributed by atoms with Crippen LogP contribution in [0.2, 0.25) is 0 Å². The van der Waals surface area contributed by atoms with E-state index in [4.69, 9.17) is 37.0 Å². The summed E-state index contributed by atoms with van der Waals surface area (Å²) in [4.78, 5) is 72.4. The number of hydrogen-bond acceptors (Lipinski definition) is 15. The molecule has 17 nitrogen and oxygen atoms in total. The summed E-state index contributed by atoms with van der Waals surface area (Å²) in [5.41, 5.74) is 0. The van der Waals surface area contributed by atoms with Crippen molar-refractivity contribution in [3.05, 3.63) is 0 Å². The van der Waals surface area contributed by atoms with Crippen molar-refractivity contribution >= 4 is 39.5 Å². The Hall–Kier alpha value is -1.94. The number of aliphatic hydroxyl groups is 1. The first-order valence-corrected chi connectivity index (χ1v) is 41.8. The number of unbranched alkanes of at least 4 members (excludes halogenated alkanes) is 49. The van der Waals surface area contributed by atoms with Crippen molar-refractivity contribution in [3.8, 4) is 0 Å². The molecule has 0 aromatic carbocycles. The second-order valence-electron chi connectivity index (χ2n) is 26.7. The second-order valence-corrected chi connectivity index (χ2v) is 29.6. The highest BCUT2D eigenvalue weighted by molar-refractivity contribution is 7.47. The summed E-state index contributed by atoms with van der Waals surface area (Å²) < 4.78 is 68.2. The molecule has 552 valence electrons. The molecule has 0 fully saturated rings. The van der Waals surface area contributed by atoms with Gasteiger partial charge in [-0.3, -0.25) is 37.3 Å². The molecular formula is C74H144O17P2. The first kappa shape index (κ1) is 91.1. The van der Waals surface area contributed by atoms with Crippen LogP contribution in [0.15, 0.2) is 0 Å². The molecule has 0 amide bonds. The van der Waals surface area contributed by atoms with Crippen molar-refractivity contribution < 1.29 is 80.2 Å². The Morgan fingerprint density at radius 1 is 0.258 bits per heavy atom. The minimum Gasteiger partial charge on any atom is -0.462 e. The lowest BCUT2D eigenvalue weighted by Crippen LogP contribution is -2.30. The van der Waals surface area contributed by atoms with Gasteiger partial charge in [-0.25, -0.2) is 9.13 Å². The minimum atomic E-state index is -4.95. The van der Waals surface area contributed by atoms with Gasteiger partial charge < -0.3 is 33.8 Å². The van der Waals surface area contributed by atoms with Gasteiger partial charge in [0.15, 0.2) is 12.2 Å². The number of aliphatic hydroxyl groups excluding tert-OH is 1. The molecule has 5 atom stereocenters. The van der Waals surface area contributed by atoms with E-state index in [2.05, 4.69) is 27.7 Å². The van der Waals surface area contributed by atoms with Crippen LogP contribution in [0.3, 0.4) is 0 Å². The maximum Gasteiger partial charge on any atom is 0.472 e. The molecule has 0 saturated heterocycles. The predicted molar refractivity (Wildman–Crippen MR) is 377 cm³/mol. The van der Waals surface area contributed by atoms with Crippen LogP contribution in [-0.4, -0.2) is 96.7 Å². The lowest BCUT2D eigenvalue weighted by Gasteiger charge is -2.21.